The van der Waals surface area contributed by atoms with E-state index in [9.17, 15) is 36.2 Å². The van der Waals surface area contributed by atoms with Gasteiger partial charge in [0.2, 0.25) is 0 Å². The molecule has 3 rings (SSSR count). The smallest absolute Gasteiger partial charge is 0.416 e. The van der Waals surface area contributed by atoms with Crippen molar-refractivity contribution in [1.29, 1.82) is 0 Å². The van der Waals surface area contributed by atoms with E-state index in [1.807, 2.05) is 0 Å². The third-order valence-electron chi connectivity index (χ3n) is 4.97. The number of carboxylic acids is 1. The topological polar surface area (TPSA) is 40.5 Å². The van der Waals surface area contributed by atoms with E-state index in [0.29, 0.717) is 6.42 Å². The molecule has 1 N–H and O–H groups in total. The van der Waals surface area contributed by atoms with Gasteiger partial charge in [-0.15, -0.1) is 0 Å². The Morgan fingerprint density at radius 3 is 1.83 bits per heavy atom. The Morgan fingerprint density at radius 1 is 0.931 bits per heavy atom. The van der Waals surface area contributed by atoms with Crippen LogP contribution in [-0.2, 0) is 17.1 Å². The monoisotopic (exact) mass is 417 g/mol. The first-order chi connectivity index (χ1) is 13.5. The Balaban J connectivity index is 2.15. The predicted octanol–water partition coefficient (Wildman–Crippen LogP) is 5.36. The van der Waals surface area contributed by atoms with Gasteiger partial charge in [-0.2, -0.15) is 26.3 Å². The molecule has 0 aromatic heterocycles. The summed E-state index contributed by atoms with van der Waals surface area (Å²) in [6, 6.07) is 6.50. The number of aliphatic carboxylic acids is 1. The summed E-state index contributed by atoms with van der Waals surface area (Å²) in [6.07, 6.45) is -8.52. The molecular weight excluding hydrogens is 400 g/mol. The first-order valence-corrected chi connectivity index (χ1v) is 8.81. The Hall–Kier alpha value is -2.55. The van der Waals surface area contributed by atoms with Crippen molar-refractivity contribution in [3.63, 3.8) is 0 Å². The van der Waals surface area contributed by atoms with Crippen molar-refractivity contribution in [3.05, 3.63) is 70.8 Å². The third-order valence-corrected chi connectivity index (χ3v) is 4.97. The summed E-state index contributed by atoms with van der Waals surface area (Å²) >= 11 is 0. The van der Waals surface area contributed by atoms with E-state index in [-0.39, 0.29) is 24.1 Å². The Kier molecular flexibility index (Phi) is 5.62. The molecule has 2 aromatic carbocycles. The summed E-state index contributed by atoms with van der Waals surface area (Å²) in [7, 11) is 0. The number of hydrogen-bond acceptors (Lipinski definition) is 2. The van der Waals surface area contributed by atoms with Gasteiger partial charge in [-0.1, -0.05) is 24.3 Å². The van der Waals surface area contributed by atoms with Crippen LogP contribution in [-0.4, -0.2) is 28.6 Å². The Morgan fingerprint density at radius 2 is 1.41 bits per heavy atom. The number of nitrogens with zero attached hydrogens (tertiary/aromatic N) is 1. The lowest BCUT2D eigenvalue weighted by molar-refractivity contribution is -0.143. The van der Waals surface area contributed by atoms with Crippen molar-refractivity contribution >= 4 is 5.97 Å². The summed E-state index contributed by atoms with van der Waals surface area (Å²) in [5.74, 6) is -1.16. The van der Waals surface area contributed by atoms with Crippen LogP contribution < -0.4 is 0 Å². The van der Waals surface area contributed by atoms with Crippen molar-refractivity contribution in [1.82, 2.24) is 4.90 Å². The molecule has 1 atom stereocenters. The van der Waals surface area contributed by atoms with Gasteiger partial charge in [0.1, 0.15) is 6.04 Å². The highest BCUT2D eigenvalue weighted by Crippen LogP contribution is 2.39. The zero-order chi connectivity index (χ0) is 21.4. The van der Waals surface area contributed by atoms with E-state index in [4.69, 9.17) is 0 Å². The highest BCUT2D eigenvalue weighted by molar-refractivity contribution is 5.74. The molecule has 0 bridgehead atoms. The van der Waals surface area contributed by atoms with Crippen molar-refractivity contribution in [2.24, 2.45) is 0 Å². The zero-order valence-corrected chi connectivity index (χ0v) is 15.0. The molecule has 2 aromatic rings. The van der Waals surface area contributed by atoms with Gasteiger partial charge in [0.05, 0.1) is 17.2 Å². The maximum absolute atomic E-state index is 13.2. The van der Waals surface area contributed by atoms with Gasteiger partial charge in [-0.05, 0) is 48.2 Å². The molecule has 0 aliphatic carbocycles. The SMILES string of the molecule is O=C(O)C1CCCN1C(c1cccc(C(F)(F)F)c1)c1cccc(C(F)(F)F)c1. The van der Waals surface area contributed by atoms with Gasteiger partial charge in [0, 0.05) is 6.54 Å². The summed E-state index contributed by atoms with van der Waals surface area (Å²) in [4.78, 5) is 13.1. The third kappa shape index (κ3) is 4.55. The molecule has 1 unspecified atom stereocenters. The van der Waals surface area contributed by atoms with Gasteiger partial charge < -0.3 is 5.11 Å². The van der Waals surface area contributed by atoms with E-state index in [1.165, 1.54) is 29.2 Å². The molecular formula is C20H17F6NO2. The van der Waals surface area contributed by atoms with Crippen molar-refractivity contribution in [2.45, 2.75) is 37.3 Å². The van der Waals surface area contributed by atoms with E-state index in [0.717, 1.165) is 24.3 Å². The summed E-state index contributed by atoms with van der Waals surface area (Å²) in [6.45, 7) is 0.244. The van der Waals surface area contributed by atoms with E-state index >= 15 is 0 Å². The maximum Gasteiger partial charge on any atom is 0.416 e. The van der Waals surface area contributed by atoms with Crippen LogP contribution in [0.1, 0.15) is 41.1 Å². The second kappa shape index (κ2) is 7.70. The van der Waals surface area contributed by atoms with Crippen LogP contribution in [0.25, 0.3) is 0 Å². The fourth-order valence-electron chi connectivity index (χ4n) is 3.71. The highest BCUT2D eigenvalue weighted by atomic mass is 19.4. The molecule has 0 amide bonds. The van der Waals surface area contributed by atoms with Crippen LogP contribution in [0, 0.1) is 0 Å². The molecule has 1 saturated heterocycles. The van der Waals surface area contributed by atoms with Gasteiger partial charge in [0.15, 0.2) is 0 Å². The molecule has 9 heteroatoms. The maximum atomic E-state index is 13.2. The Bertz CT molecular complexity index is 836. The van der Waals surface area contributed by atoms with Crippen LogP contribution in [0.5, 0.6) is 0 Å². The molecule has 1 aliphatic heterocycles. The highest BCUT2D eigenvalue weighted by Gasteiger charge is 2.39. The number of halogens is 6. The summed E-state index contributed by atoms with van der Waals surface area (Å²) in [5.41, 5.74) is -1.71. The fourth-order valence-corrected chi connectivity index (χ4v) is 3.71. The normalized spacial score (nSPS) is 18.4. The molecule has 156 valence electrons. The fraction of sp³-hybridized carbons (Fsp3) is 0.350. The van der Waals surface area contributed by atoms with Crippen LogP contribution in [0.3, 0.4) is 0 Å². The molecule has 0 saturated carbocycles. The minimum atomic E-state index is -4.63. The van der Waals surface area contributed by atoms with Gasteiger partial charge in [0.25, 0.3) is 0 Å². The minimum Gasteiger partial charge on any atom is -0.480 e. The van der Waals surface area contributed by atoms with Crippen LogP contribution in [0.2, 0.25) is 0 Å². The van der Waals surface area contributed by atoms with Crippen molar-refractivity contribution < 1.29 is 36.2 Å². The average Bonchev–Trinajstić information content (AvgIpc) is 3.11. The second-order valence-electron chi connectivity index (χ2n) is 6.88. The molecule has 29 heavy (non-hydrogen) atoms. The lowest BCUT2D eigenvalue weighted by atomic mass is 9.93. The molecule has 1 aliphatic rings. The molecule has 1 fully saturated rings. The molecule has 0 spiro atoms. The number of carboxylic acid groups (broad SMARTS) is 1. The number of alkyl halides is 6. The average molecular weight is 417 g/mol. The molecule has 3 nitrogen and oxygen atoms in total. The van der Waals surface area contributed by atoms with Gasteiger partial charge in [-0.25, -0.2) is 0 Å². The number of rotatable bonds is 4. The van der Waals surface area contributed by atoms with Crippen molar-refractivity contribution in [2.75, 3.05) is 6.54 Å². The predicted molar refractivity (Wildman–Crippen MR) is 92.1 cm³/mol. The number of benzene rings is 2. The lowest BCUT2D eigenvalue weighted by Gasteiger charge is -2.32. The van der Waals surface area contributed by atoms with E-state index < -0.39 is 41.5 Å². The molecule has 1 heterocycles. The second-order valence-corrected chi connectivity index (χ2v) is 6.88. The van der Waals surface area contributed by atoms with Crippen LogP contribution >= 0.6 is 0 Å². The number of carbonyl (C=O) groups is 1. The summed E-state index contributed by atoms with van der Waals surface area (Å²) in [5, 5.41) is 9.49. The van der Waals surface area contributed by atoms with Crippen LogP contribution in [0.15, 0.2) is 48.5 Å². The van der Waals surface area contributed by atoms with Crippen molar-refractivity contribution in [3.8, 4) is 0 Å². The van der Waals surface area contributed by atoms with E-state index in [1.54, 1.807) is 0 Å². The van der Waals surface area contributed by atoms with Gasteiger partial charge in [-0.3, -0.25) is 9.69 Å². The first kappa shape index (κ1) is 21.2. The first-order valence-electron chi connectivity index (χ1n) is 8.81. The Labute approximate surface area is 162 Å². The summed E-state index contributed by atoms with van der Waals surface area (Å²) < 4.78 is 79.1. The zero-order valence-electron chi connectivity index (χ0n) is 15.0. The quantitative estimate of drug-likeness (QED) is 0.681. The lowest BCUT2D eigenvalue weighted by Crippen LogP contribution is -2.39. The standard InChI is InChI=1S/C20H17F6NO2/c21-19(22,23)14-6-1-4-12(10-14)17(27-9-3-8-16(27)18(28)29)13-5-2-7-15(11-13)20(24,25)26/h1-2,4-7,10-11,16-17H,3,8-9H2,(H,28,29). The minimum absolute atomic E-state index is 0.0901. The van der Waals surface area contributed by atoms with E-state index in [2.05, 4.69) is 0 Å². The number of likely N-dealkylation sites (tertiary alicyclic amines) is 1. The largest absolute Gasteiger partial charge is 0.480 e. The number of hydrogen-bond donors (Lipinski definition) is 1. The van der Waals surface area contributed by atoms with Crippen LogP contribution in [0.4, 0.5) is 26.3 Å². The molecule has 0 radical (unpaired) electrons. The van der Waals surface area contributed by atoms with Gasteiger partial charge >= 0.3 is 18.3 Å².